The summed E-state index contributed by atoms with van der Waals surface area (Å²) in [5.74, 6) is 0.382. The summed E-state index contributed by atoms with van der Waals surface area (Å²) in [6, 6.07) is 7.40. The highest BCUT2D eigenvalue weighted by molar-refractivity contribution is 6.00. The molecule has 1 atom stereocenters. The first-order valence-electron chi connectivity index (χ1n) is 6.45. The molecule has 4 heteroatoms. The lowest BCUT2D eigenvalue weighted by Gasteiger charge is -2.08. The fourth-order valence-electron chi connectivity index (χ4n) is 2.28. The molecule has 1 aromatic carbocycles. The van der Waals surface area contributed by atoms with Gasteiger partial charge in [-0.3, -0.25) is 4.79 Å². The van der Waals surface area contributed by atoms with Gasteiger partial charge in [0.2, 0.25) is 0 Å². The van der Waals surface area contributed by atoms with E-state index in [9.17, 15) is 4.79 Å². The number of para-hydroxylation sites is 1. The number of aryl methyl sites for hydroxylation is 1. The number of ether oxygens (including phenoxy) is 1. The molecule has 0 aliphatic rings. The first-order chi connectivity index (χ1) is 9.17. The largest absolute Gasteiger partial charge is 0.453 e. The number of carbonyl (C=O) groups excluding carboxylic acids is 1. The van der Waals surface area contributed by atoms with Crippen molar-refractivity contribution in [1.82, 2.24) is 0 Å². The van der Waals surface area contributed by atoms with Crippen molar-refractivity contribution in [3.05, 3.63) is 35.6 Å². The molecule has 1 heterocycles. The van der Waals surface area contributed by atoms with E-state index in [4.69, 9.17) is 14.9 Å². The van der Waals surface area contributed by atoms with Crippen LogP contribution >= 0.6 is 0 Å². The van der Waals surface area contributed by atoms with Crippen LogP contribution in [0.15, 0.2) is 28.7 Å². The summed E-state index contributed by atoms with van der Waals surface area (Å²) in [4.78, 5) is 12.2. The smallest absolute Gasteiger partial charge is 0.199 e. The van der Waals surface area contributed by atoms with E-state index in [2.05, 4.69) is 0 Å². The minimum atomic E-state index is -0.296. The van der Waals surface area contributed by atoms with Crippen LogP contribution in [-0.4, -0.2) is 25.5 Å². The van der Waals surface area contributed by atoms with E-state index in [1.54, 1.807) is 7.11 Å². The van der Waals surface area contributed by atoms with Crippen molar-refractivity contribution in [2.45, 2.75) is 25.8 Å². The van der Waals surface area contributed by atoms with E-state index < -0.39 is 0 Å². The van der Waals surface area contributed by atoms with E-state index in [-0.39, 0.29) is 18.2 Å². The summed E-state index contributed by atoms with van der Waals surface area (Å²) in [5, 5.41) is 1.01. The SMILES string of the molecule is CCc1c(C(=O)CC(N)COC)oc2ccccc12. The maximum absolute atomic E-state index is 12.2. The van der Waals surface area contributed by atoms with Crippen LogP contribution in [-0.2, 0) is 11.2 Å². The van der Waals surface area contributed by atoms with Crippen molar-refractivity contribution in [1.29, 1.82) is 0 Å². The zero-order chi connectivity index (χ0) is 13.8. The normalized spacial score (nSPS) is 12.8. The van der Waals surface area contributed by atoms with Crippen molar-refractivity contribution in [2.24, 2.45) is 5.73 Å². The average Bonchev–Trinajstić information content (AvgIpc) is 2.77. The number of carbonyl (C=O) groups is 1. The molecule has 2 rings (SSSR count). The average molecular weight is 261 g/mol. The van der Waals surface area contributed by atoms with Gasteiger partial charge in [-0.2, -0.15) is 0 Å². The third-order valence-electron chi connectivity index (χ3n) is 3.13. The Labute approximate surface area is 112 Å². The number of nitrogens with two attached hydrogens (primary N) is 1. The minimum Gasteiger partial charge on any atom is -0.453 e. The lowest BCUT2D eigenvalue weighted by Crippen LogP contribution is -2.28. The molecule has 0 amide bonds. The van der Waals surface area contributed by atoms with Crippen molar-refractivity contribution in [3.63, 3.8) is 0 Å². The molecule has 0 fully saturated rings. The highest BCUT2D eigenvalue weighted by Crippen LogP contribution is 2.27. The number of furan rings is 1. The zero-order valence-electron chi connectivity index (χ0n) is 11.3. The number of Topliss-reactive ketones (excluding diaryl/α,β-unsaturated/α-hetero) is 1. The quantitative estimate of drug-likeness (QED) is 0.811. The Hall–Kier alpha value is -1.65. The van der Waals surface area contributed by atoms with Gasteiger partial charge in [0.25, 0.3) is 0 Å². The molecule has 2 aromatic rings. The van der Waals surface area contributed by atoms with Crippen LogP contribution in [0.1, 0.15) is 29.5 Å². The third kappa shape index (κ3) is 2.85. The Morgan fingerprint density at radius 1 is 1.42 bits per heavy atom. The molecule has 19 heavy (non-hydrogen) atoms. The van der Waals surface area contributed by atoms with Gasteiger partial charge in [0.15, 0.2) is 11.5 Å². The van der Waals surface area contributed by atoms with E-state index in [1.807, 2.05) is 31.2 Å². The molecular weight excluding hydrogens is 242 g/mol. The predicted octanol–water partition coefficient (Wildman–Crippen LogP) is 2.54. The van der Waals surface area contributed by atoms with Crippen LogP contribution in [0.4, 0.5) is 0 Å². The summed E-state index contributed by atoms with van der Waals surface area (Å²) < 4.78 is 10.6. The first kappa shape index (κ1) is 13.8. The second kappa shape index (κ2) is 5.99. The van der Waals surface area contributed by atoms with Gasteiger partial charge >= 0.3 is 0 Å². The molecule has 1 aromatic heterocycles. The molecule has 0 aliphatic heterocycles. The topological polar surface area (TPSA) is 65.5 Å². The van der Waals surface area contributed by atoms with E-state index >= 15 is 0 Å². The summed E-state index contributed by atoms with van der Waals surface area (Å²) in [6.07, 6.45) is 0.998. The van der Waals surface area contributed by atoms with Crippen LogP contribution < -0.4 is 5.73 Å². The number of hydrogen-bond donors (Lipinski definition) is 1. The summed E-state index contributed by atoms with van der Waals surface area (Å²) in [5.41, 5.74) is 7.54. The molecule has 0 spiro atoms. The summed E-state index contributed by atoms with van der Waals surface area (Å²) in [7, 11) is 1.57. The Morgan fingerprint density at radius 2 is 2.16 bits per heavy atom. The molecule has 4 nitrogen and oxygen atoms in total. The van der Waals surface area contributed by atoms with Crippen molar-refractivity contribution in [3.8, 4) is 0 Å². The van der Waals surface area contributed by atoms with Gasteiger partial charge in [0.05, 0.1) is 6.61 Å². The van der Waals surface area contributed by atoms with Gasteiger partial charge in [0, 0.05) is 30.5 Å². The lowest BCUT2D eigenvalue weighted by atomic mass is 10.0. The Morgan fingerprint density at radius 3 is 2.84 bits per heavy atom. The van der Waals surface area contributed by atoms with Crippen LogP contribution in [0.2, 0.25) is 0 Å². The standard InChI is InChI=1S/C15H19NO3/c1-3-11-12-6-4-5-7-14(12)19-15(11)13(17)8-10(16)9-18-2/h4-7,10H,3,8-9,16H2,1-2H3. The maximum Gasteiger partial charge on any atom is 0.199 e. The molecule has 102 valence electrons. The van der Waals surface area contributed by atoms with Crippen molar-refractivity contribution < 1.29 is 13.9 Å². The molecular formula is C15H19NO3. The highest BCUT2D eigenvalue weighted by Gasteiger charge is 2.20. The Bertz CT molecular complexity index is 574. The fourth-order valence-corrected chi connectivity index (χ4v) is 2.28. The first-order valence-corrected chi connectivity index (χ1v) is 6.45. The molecule has 1 unspecified atom stereocenters. The molecule has 2 N–H and O–H groups in total. The molecule has 0 radical (unpaired) electrons. The number of fused-ring (bicyclic) bond motifs is 1. The molecule has 0 saturated carbocycles. The summed E-state index contributed by atoms with van der Waals surface area (Å²) in [6.45, 7) is 2.39. The summed E-state index contributed by atoms with van der Waals surface area (Å²) >= 11 is 0. The van der Waals surface area contributed by atoms with Crippen LogP contribution in [0, 0.1) is 0 Å². The second-order valence-corrected chi connectivity index (χ2v) is 4.60. The van der Waals surface area contributed by atoms with Crippen LogP contribution in [0.3, 0.4) is 0 Å². The van der Waals surface area contributed by atoms with E-state index in [0.717, 1.165) is 23.0 Å². The Kier molecular flexibility index (Phi) is 4.35. The van der Waals surface area contributed by atoms with Gasteiger partial charge in [-0.15, -0.1) is 0 Å². The van der Waals surface area contributed by atoms with Gasteiger partial charge in [-0.25, -0.2) is 0 Å². The molecule has 0 bridgehead atoms. The monoisotopic (exact) mass is 261 g/mol. The predicted molar refractivity (Wildman–Crippen MR) is 74.4 cm³/mol. The minimum absolute atomic E-state index is 0.0578. The third-order valence-corrected chi connectivity index (χ3v) is 3.13. The van der Waals surface area contributed by atoms with Gasteiger partial charge in [-0.1, -0.05) is 25.1 Å². The van der Waals surface area contributed by atoms with E-state index in [1.165, 1.54) is 0 Å². The van der Waals surface area contributed by atoms with Crippen LogP contribution in [0.25, 0.3) is 11.0 Å². The van der Waals surface area contributed by atoms with E-state index in [0.29, 0.717) is 12.4 Å². The van der Waals surface area contributed by atoms with Crippen molar-refractivity contribution in [2.75, 3.05) is 13.7 Å². The lowest BCUT2D eigenvalue weighted by molar-refractivity contribution is 0.0923. The second-order valence-electron chi connectivity index (χ2n) is 4.60. The number of benzene rings is 1. The maximum atomic E-state index is 12.2. The highest BCUT2D eigenvalue weighted by atomic mass is 16.5. The number of hydrogen-bond acceptors (Lipinski definition) is 4. The number of ketones is 1. The van der Waals surface area contributed by atoms with Crippen LogP contribution in [0.5, 0.6) is 0 Å². The Balaban J connectivity index is 2.31. The zero-order valence-corrected chi connectivity index (χ0v) is 11.3. The fraction of sp³-hybridized carbons (Fsp3) is 0.400. The number of methoxy groups -OCH3 is 1. The van der Waals surface area contributed by atoms with Gasteiger partial charge < -0.3 is 14.9 Å². The molecule has 0 aliphatic carbocycles. The molecule has 0 saturated heterocycles. The number of rotatable bonds is 6. The van der Waals surface area contributed by atoms with Gasteiger partial charge in [0.1, 0.15) is 5.58 Å². The van der Waals surface area contributed by atoms with Crippen molar-refractivity contribution >= 4 is 16.8 Å². The van der Waals surface area contributed by atoms with Gasteiger partial charge in [-0.05, 0) is 12.5 Å².